The van der Waals surface area contributed by atoms with Crippen LogP contribution >= 0.6 is 11.6 Å². The summed E-state index contributed by atoms with van der Waals surface area (Å²) in [6.07, 6.45) is 1.12. The Bertz CT molecular complexity index is 676. The number of hydrogen-bond acceptors (Lipinski definition) is 4. The standard InChI is InChI=1S/C12H7ClFN3O3/c13-10-3-2-8(17(19)20)5-9(10)12(18)16-7-1-4-11(14)15-6-7/h1-6H,(H,16,18). The first-order valence-electron chi connectivity index (χ1n) is 5.34. The molecule has 0 fully saturated rings. The fourth-order valence-corrected chi connectivity index (χ4v) is 1.65. The Balaban J connectivity index is 2.26. The lowest BCUT2D eigenvalue weighted by molar-refractivity contribution is -0.384. The average molecular weight is 296 g/mol. The number of halogens is 2. The van der Waals surface area contributed by atoms with Gasteiger partial charge in [0, 0.05) is 12.1 Å². The number of anilines is 1. The average Bonchev–Trinajstić information content (AvgIpc) is 2.41. The number of nitrogens with zero attached hydrogens (tertiary/aromatic N) is 2. The topological polar surface area (TPSA) is 85.1 Å². The number of benzene rings is 1. The molecule has 1 aromatic carbocycles. The number of non-ortho nitro benzene ring substituents is 1. The first-order valence-corrected chi connectivity index (χ1v) is 5.72. The Morgan fingerprint density at radius 3 is 2.70 bits per heavy atom. The van der Waals surface area contributed by atoms with Crippen LogP contribution in [0, 0.1) is 16.1 Å². The van der Waals surface area contributed by atoms with Crippen molar-refractivity contribution in [2.24, 2.45) is 0 Å². The van der Waals surface area contributed by atoms with Gasteiger partial charge >= 0.3 is 0 Å². The molecule has 2 rings (SSSR count). The van der Waals surface area contributed by atoms with E-state index in [4.69, 9.17) is 11.6 Å². The van der Waals surface area contributed by atoms with Crippen LogP contribution in [-0.4, -0.2) is 15.8 Å². The monoisotopic (exact) mass is 295 g/mol. The van der Waals surface area contributed by atoms with Gasteiger partial charge in [-0.2, -0.15) is 4.39 Å². The molecule has 1 amide bonds. The van der Waals surface area contributed by atoms with Gasteiger partial charge in [0.25, 0.3) is 11.6 Å². The second-order valence-corrected chi connectivity index (χ2v) is 4.15. The quantitative estimate of drug-likeness (QED) is 0.536. The van der Waals surface area contributed by atoms with Crippen LogP contribution in [0.5, 0.6) is 0 Å². The Kier molecular flexibility index (Phi) is 3.90. The molecule has 0 saturated heterocycles. The number of amides is 1. The summed E-state index contributed by atoms with van der Waals surface area (Å²) in [6, 6.07) is 5.90. The van der Waals surface area contributed by atoms with Gasteiger partial charge in [0.05, 0.1) is 27.4 Å². The van der Waals surface area contributed by atoms with Crippen molar-refractivity contribution in [3.63, 3.8) is 0 Å². The molecule has 0 aliphatic carbocycles. The third-order valence-corrected chi connectivity index (χ3v) is 2.72. The van der Waals surface area contributed by atoms with Crippen molar-refractivity contribution < 1.29 is 14.1 Å². The van der Waals surface area contributed by atoms with Crippen LogP contribution in [0.2, 0.25) is 5.02 Å². The zero-order valence-corrected chi connectivity index (χ0v) is 10.6. The van der Waals surface area contributed by atoms with E-state index in [1.165, 1.54) is 18.2 Å². The Morgan fingerprint density at radius 1 is 1.35 bits per heavy atom. The summed E-state index contributed by atoms with van der Waals surface area (Å²) < 4.78 is 12.6. The maximum absolute atomic E-state index is 12.6. The SMILES string of the molecule is O=C(Nc1ccc(F)nc1)c1cc([N+](=O)[O-])ccc1Cl. The van der Waals surface area contributed by atoms with Crippen LogP contribution in [0.1, 0.15) is 10.4 Å². The van der Waals surface area contributed by atoms with Gasteiger partial charge in [0.1, 0.15) is 0 Å². The summed E-state index contributed by atoms with van der Waals surface area (Å²) in [5.74, 6) is -1.33. The molecular weight excluding hydrogens is 289 g/mol. The Labute approximate surface area is 117 Å². The van der Waals surface area contributed by atoms with E-state index >= 15 is 0 Å². The molecular formula is C12H7ClFN3O3. The molecule has 0 atom stereocenters. The smallest absolute Gasteiger partial charge is 0.270 e. The molecule has 8 heteroatoms. The van der Waals surface area contributed by atoms with E-state index in [9.17, 15) is 19.3 Å². The highest BCUT2D eigenvalue weighted by Crippen LogP contribution is 2.23. The molecule has 0 saturated carbocycles. The number of nitro benzene ring substituents is 1. The Hall–Kier alpha value is -2.54. The molecule has 1 N–H and O–H groups in total. The fraction of sp³-hybridized carbons (Fsp3) is 0. The van der Waals surface area contributed by atoms with Crippen LogP contribution in [-0.2, 0) is 0 Å². The predicted octanol–water partition coefficient (Wildman–Crippen LogP) is 3.03. The van der Waals surface area contributed by atoms with Crippen molar-refractivity contribution in [2.45, 2.75) is 0 Å². The molecule has 0 aliphatic heterocycles. The lowest BCUT2D eigenvalue weighted by Crippen LogP contribution is -2.13. The lowest BCUT2D eigenvalue weighted by atomic mass is 10.2. The molecule has 20 heavy (non-hydrogen) atoms. The van der Waals surface area contributed by atoms with Gasteiger partial charge in [-0.1, -0.05) is 11.6 Å². The second-order valence-electron chi connectivity index (χ2n) is 3.74. The minimum Gasteiger partial charge on any atom is -0.321 e. The van der Waals surface area contributed by atoms with Crippen molar-refractivity contribution in [1.29, 1.82) is 0 Å². The van der Waals surface area contributed by atoms with Crippen LogP contribution in [0.15, 0.2) is 36.5 Å². The number of aromatic nitrogens is 1. The normalized spacial score (nSPS) is 10.1. The first kappa shape index (κ1) is 13.9. The molecule has 102 valence electrons. The summed E-state index contributed by atoms with van der Waals surface area (Å²) >= 11 is 5.83. The highest BCUT2D eigenvalue weighted by atomic mass is 35.5. The zero-order chi connectivity index (χ0) is 14.7. The molecule has 2 aromatic rings. The summed E-state index contributed by atoms with van der Waals surface area (Å²) in [6.45, 7) is 0. The van der Waals surface area contributed by atoms with Crippen molar-refractivity contribution >= 4 is 28.9 Å². The van der Waals surface area contributed by atoms with Crippen LogP contribution < -0.4 is 5.32 Å². The van der Waals surface area contributed by atoms with Gasteiger partial charge in [-0.05, 0) is 18.2 Å². The minimum atomic E-state index is -0.684. The molecule has 0 aliphatic rings. The summed E-state index contributed by atoms with van der Waals surface area (Å²) in [5.41, 5.74) is -0.0547. The van der Waals surface area contributed by atoms with E-state index in [2.05, 4.69) is 10.3 Å². The van der Waals surface area contributed by atoms with Crippen LogP contribution in [0.25, 0.3) is 0 Å². The van der Waals surface area contributed by atoms with Crippen molar-refractivity contribution in [3.8, 4) is 0 Å². The molecule has 0 radical (unpaired) electrons. The first-order chi connectivity index (χ1) is 9.47. The maximum Gasteiger partial charge on any atom is 0.270 e. The van der Waals surface area contributed by atoms with E-state index in [1.807, 2.05) is 0 Å². The van der Waals surface area contributed by atoms with Crippen LogP contribution in [0.3, 0.4) is 0 Å². The van der Waals surface area contributed by atoms with Crippen molar-refractivity contribution in [2.75, 3.05) is 5.32 Å². The number of hydrogen-bond donors (Lipinski definition) is 1. The van der Waals surface area contributed by atoms with E-state index in [-0.39, 0.29) is 22.0 Å². The largest absolute Gasteiger partial charge is 0.321 e. The fourth-order valence-electron chi connectivity index (χ4n) is 1.45. The molecule has 6 nitrogen and oxygen atoms in total. The number of carbonyl (C=O) groups is 1. The number of rotatable bonds is 3. The van der Waals surface area contributed by atoms with Crippen molar-refractivity contribution in [3.05, 3.63) is 63.2 Å². The zero-order valence-electron chi connectivity index (χ0n) is 9.84. The second kappa shape index (κ2) is 5.62. The molecule has 0 spiro atoms. The minimum absolute atomic E-state index is 0.0507. The van der Waals surface area contributed by atoms with E-state index in [0.29, 0.717) is 0 Å². The van der Waals surface area contributed by atoms with Gasteiger partial charge < -0.3 is 5.32 Å². The van der Waals surface area contributed by atoms with Crippen LogP contribution in [0.4, 0.5) is 15.8 Å². The highest BCUT2D eigenvalue weighted by Gasteiger charge is 2.16. The number of nitrogens with one attached hydrogen (secondary N) is 1. The van der Waals surface area contributed by atoms with Gasteiger partial charge in [-0.25, -0.2) is 4.98 Å². The lowest BCUT2D eigenvalue weighted by Gasteiger charge is -2.06. The van der Waals surface area contributed by atoms with Crippen molar-refractivity contribution in [1.82, 2.24) is 4.98 Å². The predicted molar refractivity (Wildman–Crippen MR) is 70.3 cm³/mol. The molecule has 1 aromatic heterocycles. The van der Waals surface area contributed by atoms with E-state index < -0.39 is 16.8 Å². The summed E-state index contributed by atoms with van der Waals surface area (Å²) in [7, 11) is 0. The maximum atomic E-state index is 12.6. The Morgan fingerprint density at radius 2 is 2.10 bits per heavy atom. The summed E-state index contributed by atoms with van der Waals surface area (Å²) in [5, 5.41) is 13.2. The molecule has 1 heterocycles. The van der Waals surface area contributed by atoms with Gasteiger partial charge in [0.15, 0.2) is 0 Å². The number of nitro groups is 1. The number of pyridine rings is 1. The summed E-state index contributed by atoms with van der Waals surface area (Å²) in [4.78, 5) is 25.4. The van der Waals surface area contributed by atoms with E-state index in [1.54, 1.807) is 0 Å². The van der Waals surface area contributed by atoms with E-state index in [0.717, 1.165) is 18.3 Å². The van der Waals surface area contributed by atoms with Gasteiger partial charge in [0.2, 0.25) is 5.95 Å². The molecule has 0 bridgehead atoms. The van der Waals surface area contributed by atoms with Gasteiger partial charge in [-0.15, -0.1) is 0 Å². The highest BCUT2D eigenvalue weighted by molar-refractivity contribution is 6.34. The number of carbonyl (C=O) groups excluding carboxylic acids is 1. The molecule has 0 unspecified atom stereocenters. The third kappa shape index (κ3) is 3.07. The van der Waals surface area contributed by atoms with Gasteiger partial charge in [-0.3, -0.25) is 14.9 Å². The third-order valence-electron chi connectivity index (χ3n) is 2.39.